The molecule has 0 aliphatic carbocycles. The highest BCUT2D eigenvalue weighted by Gasteiger charge is 2.18. The molecule has 0 radical (unpaired) electrons. The first-order valence-corrected chi connectivity index (χ1v) is 4.67. The van der Waals surface area contributed by atoms with Gasteiger partial charge in [0.25, 0.3) is 0 Å². The van der Waals surface area contributed by atoms with Gasteiger partial charge in [0.15, 0.2) is 0 Å². The minimum atomic E-state index is -0.369. The van der Waals surface area contributed by atoms with E-state index in [9.17, 15) is 4.79 Å². The zero-order chi connectivity index (χ0) is 11.1. The number of hydrogen-bond acceptors (Lipinski definition) is 4. The van der Waals surface area contributed by atoms with E-state index in [4.69, 9.17) is 9.94 Å². The Morgan fingerprint density at radius 2 is 2.60 bits per heavy atom. The molecule has 0 saturated heterocycles. The Labute approximate surface area is 88.3 Å². The van der Waals surface area contributed by atoms with Crippen LogP contribution < -0.4 is 0 Å². The second-order valence-electron chi connectivity index (χ2n) is 3.10. The Kier molecular flexibility index (Phi) is 4.40. The van der Waals surface area contributed by atoms with Crippen molar-refractivity contribution in [3.8, 4) is 0 Å². The van der Waals surface area contributed by atoms with Crippen LogP contribution in [0.1, 0.15) is 6.42 Å². The lowest BCUT2D eigenvalue weighted by Crippen LogP contribution is -2.36. The molecule has 0 aromatic rings. The van der Waals surface area contributed by atoms with Crippen molar-refractivity contribution in [2.75, 3.05) is 19.7 Å². The monoisotopic (exact) mass is 210 g/mol. The van der Waals surface area contributed by atoms with Gasteiger partial charge >= 0.3 is 6.09 Å². The summed E-state index contributed by atoms with van der Waals surface area (Å²) in [5.74, 6) is 0. The van der Waals surface area contributed by atoms with Crippen molar-refractivity contribution >= 4 is 12.3 Å². The van der Waals surface area contributed by atoms with Gasteiger partial charge in [-0.25, -0.2) is 4.79 Å². The van der Waals surface area contributed by atoms with E-state index in [-0.39, 0.29) is 12.7 Å². The van der Waals surface area contributed by atoms with Crippen LogP contribution in [0, 0.1) is 0 Å². The minimum absolute atomic E-state index is 0.211. The number of ether oxygens (including phenoxy) is 1. The molecular formula is C10H14N2O3. The van der Waals surface area contributed by atoms with Gasteiger partial charge in [-0.15, -0.1) is 0 Å². The van der Waals surface area contributed by atoms with Crippen molar-refractivity contribution in [2.45, 2.75) is 6.42 Å². The smallest absolute Gasteiger partial charge is 0.410 e. The number of carbonyl (C=O) groups excluding carboxylic acids is 1. The lowest BCUT2D eigenvalue weighted by atomic mass is 10.1. The lowest BCUT2D eigenvalue weighted by Gasteiger charge is -2.24. The van der Waals surface area contributed by atoms with Gasteiger partial charge in [-0.05, 0) is 12.0 Å². The third-order valence-corrected chi connectivity index (χ3v) is 1.99. The number of carbonyl (C=O) groups is 1. The summed E-state index contributed by atoms with van der Waals surface area (Å²) < 4.78 is 4.89. The fraction of sp³-hybridized carbons (Fsp3) is 0.400. The zero-order valence-corrected chi connectivity index (χ0v) is 8.43. The molecule has 1 amide bonds. The summed E-state index contributed by atoms with van der Waals surface area (Å²) in [6.07, 6.45) is 5.15. The highest BCUT2D eigenvalue weighted by atomic mass is 16.6. The van der Waals surface area contributed by atoms with Crippen LogP contribution in [-0.4, -0.2) is 42.1 Å². The number of oxime groups is 1. The van der Waals surface area contributed by atoms with Gasteiger partial charge in [-0.3, -0.25) is 0 Å². The molecule has 1 N–H and O–H groups in total. The van der Waals surface area contributed by atoms with Gasteiger partial charge in [0.2, 0.25) is 0 Å². The van der Waals surface area contributed by atoms with Crippen molar-refractivity contribution in [3.05, 3.63) is 24.3 Å². The van der Waals surface area contributed by atoms with Crippen molar-refractivity contribution in [3.63, 3.8) is 0 Å². The molecule has 0 unspecified atom stereocenters. The minimum Gasteiger partial charge on any atom is -0.445 e. The Morgan fingerprint density at radius 1 is 1.80 bits per heavy atom. The Morgan fingerprint density at radius 3 is 3.27 bits per heavy atom. The number of amides is 1. The normalized spacial score (nSPS) is 16.3. The Balaban J connectivity index is 2.48. The quantitative estimate of drug-likeness (QED) is 0.331. The fourth-order valence-corrected chi connectivity index (χ4v) is 1.31. The number of rotatable bonds is 3. The van der Waals surface area contributed by atoms with E-state index in [0.717, 1.165) is 12.0 Å². The SMILES string of the molecule is C=CCOC(=O)N1CCC=C(/C=N/O)C1. The van der Waals surface area contributed by atoms with Crippen LogP contribution in [-0.2, 0) is 4.74 Å². The largest absolute Gasteiger partial charge is 0.445 e. The summed E-state index contributed by atoms with van der Waals surface area (Å²) in [5, 5.41) is 11.3. The van der Waals surface area contributed by atoms with Gasteiger partial charge in [0.1, 0.15) is 6.61 Å². The molecule has 0 bridgehead atoms. The molecule has 0 atom stereocenters. The zero-order valence-electron chi connectivity index (χ0n) is 8.43. The van der Waals surface area contributed by atoms with Crippen LogP contribution in [0.15, 0.2) is 29.5 Å². The predicted octanol–water partition coefficient (Wildman–Crippen LogP) is 1.40. The molecule has 0 saturated carbocycles. The van der Waals surface area contributed by atoms with Gasteiger partial charge < -0.3 is 14.8 Å². The summed E-state index contributed by atoms with van der Waals surface area (Å²) in [4.78, 5) is 13.0. The first-order valence-electron chi connectivity index (χ1n) is 4.67. The molecular weight excluding hydrogens is 196 g/mol. The summed E-state index contributed by atoms with van der Waals surface area (Å²) in [7, 11) is 0. The van der Waals surface area contributed by atoms with Crippen molar-refractivity contribution in [2.24, 2.45) is 5.16 Å². The van der Waals surface area contributed by atoms with Crippen LogP contribution in [0.4, 0.5) is 4.79 Å². The molecule has 1 rings (SSSR count). The number of hydrogen-bond donors (Lipinski definition) is 1. The summed E-state index contributed by atoms with van der Waals surface area (Å²) in [6.45, 7) is 4.71. The third kappa shape index (κ3) is 3.46. The standard InChI is InChI=1S/C10H14N2O3/c1-2-6-15-10(13)12-5-3-4-9(8-12)7-11-14/h2,4,7,14H,1,3,5-6,8H2/b11-7+. The fourth-order valence-electron chi connectivity index (χ4n) is 1.31. The topological polar surface area (TPSA) is 62.1 Å². The van der Waals surface area contributed by atoms with Crippen LogP contribution in [0.2, 0.25) is 0 Å². The van der Waals surface area contributed by atoms with E-state index in [0.29, 0.717) is 13.1 Å². The maximum atomic E-state index is 11.4. The van der Waals surface area contributed by atoms with Gasteiger partial charge in [0.05, 0.1) is 12.8 Å². The highest BCUT2D eigenvalue weighted by Crippen LogP contribution is 2.09. The summed E-state index contributed by atoms with van der Waals surface area (Å²) in [6, 6.07) is 0. The van der Waals surface area contributed by atoms with E-state index in [1.807, 2.05) is 6.08 Å². The van der Waals surface area contributed by atoms with Gasteiger partial charge in [-0.2, -0.15) is 0 Å². The van der Waals surface area contributed by atoms with Crippen LogP contribution in [0.5, 0.6) is 0 Å². The molecule has 1 aliphatic heterocycles. The second kappa shape index (κ2) is 5.85. The average Bonchev–Trinajstić information content (AvgIpc) is 2.27. The first-order chi connectivity index (χ1) is 7.27. The van der Waals surface area contributed by atoms with E-state index < -0.39 is 0 Å². The van der Waals surface area contributed by atoms with E-state index in [1.54, 1.807) is 4.90 Å². The van der Waals surface area contributed by atoms with E-state index in [1.165, 1.54) is 12.3 Å². The van der Waals surface area contributed by atoms with Crippen LogP contribution >= 0.6 is 0 Å². The van der Waals surface area contributed by atoms with E-state index >= 15 is 0 Å². The second-order valence-corrected chi connectivity index (χ2v) is 3.10. The Bertz CT molecular complexity index is 297. The molecule has 1 aliphatic rings. The molecule has 15 heavy (non-hydrogen) atoms. The first kappa shape index (κ1) is 11.3. The van der Waals surface area contributed by atoms with Crippen molar-refractivity contribution in [1.82, 2.24) is 4.90 Å². The van der Waals surface area contributed by atoms with E-state index in [2.05, 4.69) is 11.7 Å². The maximum absolute atomic E-state index is 11.4. The van der Waals surface area contributed by atoms with Crippen LogP contribution in [0.3, 0.4) is 0 Å². The summed E-state index contributed by atoms with van der Waals surface area (Å²) in [5.41, 5.74) is 0.805. The molecule has 1 heterocycles. The van der Waals surface area contributed by atoms with Crippen LogP contribution in [0.25, 0.3) is 0 Å². The molecule has 0 spiro atoms. The Hall–Kier alpha value is -1.78. The summed E-state index contributed by atoms with van der Waals surface area (Å²) >= 11 is 0. The highest BCUT2D eigenvalue weighted by molar-refractivity contribution is 5.80. The number of nitrogens with zero attached hydrogens (tertiary/aromatic N) is 2. The predicted molar refractivity (Wildman–Crippen MR) is 56.1 cm³/mol. The lowest BCUT2D eigenvalue weighted by molar-refractivity contribution is 0.115. The average molecular weight is 210 g/mol. The third-order valence-electron chi connectivity index (χ3n) is 1.99. The maximum Gasteiger partial charge on any atom is 0.410 e. The molecule has 5 heteroatoms. The van der Waals surface area contributed by atoms with Crippen molar-refractivity contribution in [1.29, 1.82) is 0 Å². The molecule has 82 valence electrons. The molecule has 0 fully saturated rings. The molecule has 0 aromatic heterocycles. The molecule has 5 nitrogen and oxygen atoms in total. The molecule has 0 aromatic carbocycles. The van der Waals surface area contributed by atoms with Crippen molar-refractivity contribution < 1.29 is 14.7 Å². The van der Waals surface area contributed by atoms with Gasteiger partial charge in [-0.1, -0.05) is 23.9 Å². The van der Waals surface area contributed by atoms with Gasteiger partial charge in [0, 0.05) is 6.54 Å².